The molecule has 0 spiro atoms. The van der Waals surface area contributed by atoms with Gasteiger partial charge in [-0.15, -0.1) is 0 Å². The number of unbranched alkanes of at least 4 members (excludes halogenated alkanes) is 3. The minimum atomic E-state index is -1.56. The second-order valence-electron chi connectivity index (χ2n) is 11.7. The summed E-state index contributed by atoms with van der Waals surface area (Å²) in [7, 11) is 3.62. The Labute approximate surface area is 278 Å². The maximum absolute atomic E-state index is 7.19. The van der Waals surface area contributed by atoms with Crippen molar-refractivity contribution in [3.05, 3.63) is 95.1 Å². The van der Waals surface area contributed by atoms with Gasteiger partial charge in [-0.05, 0) is 105 Å². The first-order valence-corrected chi connectivity index (χ1v) is 17.9. The van der Waals surface area contributed by atoms with Crippen molar-refractivity contribution in [1.29, 1.82) is 0 Å². The molecule has 6 heteroatoms. The lowest BCUT2D eigenvalue weighted by atomic mass is 9.94. The average molecular weight is 643 g/mol. The smallest absolute Gasteiger partial charge is 0.326 e. The van der Waals surface area contributed by atoms with Crippen LogP contribution in [-0.2, 0) is 19.3 Å². The summed E-state index contributed by atoms with van der Waals surface area (Å²) < 4.78 is 32.0. The molecule has 0 amide bonds. The van der Waals surface area contributed by atoms with E-state index in [0.29, 0.717) is 0 Å². The number of aryl methyl sites for hydroxylation is 4. The molecule has 4 aromatic rings. The Hall–Kier alpha value is -3.69. The number of rotatable bonds is 18. The first-order chi connectivity index (χ1) is 22.5. The molecule has 4 rings (SSSR count). The topological polar surface area (TPSA) is 46.2 Å². The van der Waals surface area contributed by atoms with E-state index in [2.05, 4.69) is 76.2 Å². The van der Waals surface area contributed by atoms with Crippen LogP contribution in [0, 0.1) is 6.92 Å². The first kappa shape index (κ1) is 35.2. The number of hydrogen-bond acceptors (Lipinski definition) is 5. The Morgan fingerprint density at radius 1 is 0.543 bits per heavy atom. The van der Waals surface area contributed by atoms with E-state index < -0.39 is 8.38 Å². The van der Waals surface area contributed by atoms with Gasteiger partial charge in [-0.2, -0.15) is 0 Å². The molecule has 0 radical (unpaired) electrons. The second-order valence-corrected chi connectivity index (χ2v) is 13.1. The number of hydrogen-bond donors (Lipinski definition) is 0. The van der Waals surface area contributed by atoms with E-state index in [1.807, 2.05) is 24.3 Å². The predicted octanol–water partition coefficient (Wildman–Crippen LogP) is 10.8. The summed E-state index contributed by atoms with van der Waals surface area (Å²) >= 11 is 0. The number of benzene rings is 4. The Bertz CT molecular complexity index is 1530. The average Bonchev–Trinajstić information content (AvgIpc) is 3.09. The zero-order valence-electron chi connectivity index (χ0n) is 28.8. The monoisotopic (exact) mass is 642 g/mol. The SMILES string of the molecule is CCCCc1cc(C)ccc1OP(Oc1c(CCCC)cc(OC)cc1-c1cc(OC)cc(CCCC)c1OC)c1ccccc1. The molecule has 0 heterocycles. The molecule has 0 saturated heterocycles. The third-order valence-electron chi connectivity index (χ3n) is 8.18. The maximum atomic E-state index is 7.19. The summed E-state index contributed by atoms with van der Waals surface area (Å²) in [6, 6.07) is 25.1. The highest BCUT2D eigenvalue weighted by atomic mass is 31.2. The summed E-state index contributed by atoms with van der Waals surface area (Å²) in [5, 5.41) is 1.00. The summed E-state index contributed by atoms with van der Waals surface area (Å²) in [4.78, 5) is 0. The van der Waals surface area contributed by atoms with E-state index >= 15 is 0 Å². The molecule has 0 aliphatic rings. The number of methoxy groups -OCH3 is 3. The lowest BCUT2D eigenvalue weighted by Crippen LogP contribution is -2.12. The molecule has 0 bridgehead atoms. The van der Waals surface area contributed by atoms with Crippen LogP contribution in [0.2, 0.25) is 0 Å². The van der Waals surface area contributed by atoms with Crippen molar-refractivity contribution in [2.24, 2.45) is 0 Å². The van der Waals surface area contributed by atoms with Crippen molar-refractivity contribution >= 4 is 13.7 Å². The molecule has 0 saturated carbocycles. The van der Waals surface area contributed by atoms with Gasteiger partial charge in [0.15, 0.2) is 0 Å². The highest BCUT2D eigenvalue weighted by Gasteiger charge is 2.26. The van der Waals surface area contributed by atoms with Gasteiger partial charge in [0, 0.05) is 11.1 Å². The predicted molar refractivity (Wildman–Crippen MR) is 193 cm³/mol. The molecule has 1 atom stereocenters. The minimum absolute atomic E-state index is 0.777. The lowest BCUT2D eigenvalue weighted by Gasteiger charge is -2.25. The molecule has 0 fully saturated rings. The largest absolute Gasteiger partial charge is 0.497 e. The molecule has 246 valence electrons. The van der Waals surface area contributed by atoms with Crippen LogP contribution >= 0.6 is 8.38 Å². The van der Waals surface area contributed by atoms with Gasteiger partial charge in [-0.3, -0.25) is 0 Å². The molecule has 0 aliphatic heterocycles. The zero-order valence-corrected chi connectivity index (χ0v) is 29.7. The van der Waals surface area contributed by atoms with Crippen molar-refractivity contribution in [2.45, 2.75) is 85.5 Å². The van der Waals surface area contributed by atoms with Crippen molar-refractivity contribution in [1.82, 2.24) is 0 Å². The minimum Gasteiger partial charge on any atom is -0.497 e. The van der Waals surface area contributed by atoms with Crippen molar-refractivity contribution in [3.8, 4) is 39.9 Å². The Morgan fingerprint density at radius 3 is 1.63 bits per heavy atom. The van der Waals surface area contributed by atoms with E-state index in [0.717, 1.165) is 114 Å². The summed E-state index contributed by atoms with van der Waals surface area (Å²) in [6.07, 6.45) is 9.13. The van der Waals surface area contributed by atoms with E-state index in [1.54, 1.807) is 21.3 Å². The standard InChI is InChI=1S/C40H51O5P/c1-8-11-17-30-24-29(4)22-23-38(30)44-46(35-20-15-14-16-21-35)45-40-32(19-13-10-3)26-34(42-6)28-37(40)36-27-33(41-5)25-31(18-12-9-2)39(36)43-7/h14-16,20-28H,8-13,17-19H2,1-7H3. The maximum Gasteiger partial charge on any atom is 0.326 e. The van der Waals surface area contributed by atoms with Crippen LogP contribution in [0.1, 0.15) is 81.5 Å². The molecular formula is C40H51O5P. The summed E-state index contributed by atoms with van der Waals surface area (Å²) in [5.41, 5.74) is 6.46. The Morgan fingerprint density at radius 2 is 1.09 bits per heavy atom. The molecule has 1 unspecified atom stereocenters. The van der Waals surface area contributed by atoms with E-state index in [9.17, 15) is 0 Å². The third kappa shape index (κ3) is 8.97. The van der Waals surface area contributed by atoms with E-state index in [1.165, 1.54) is 11.1 Å². The highest BCUT2D eigenvalue weighted by molar-refractivity contribution is 7.56. The normalized spacial score (nSPS) is 11.6. The van der Waals surface area contributed by atoms with Gasteiger partial charge in [0.05, 0.1) is 26.6 Å². The molecule has 0 N–H and O–H groups in total. The second kappa shape index (κ2) is 17.9. The Balaban J connectivity index is 1.94. The van der Waals surface area contributed by atoms with Crippen LogP contribution in [0.15, 0.2) is 72.8 Å². The molecule has 0 aromatic heterocycles. The zero-order chi connectivity index (χ0) is 32.9. The van der Waals surface area contributed by atoms with Crippen LogP contribution in [0.4, 0.5) is 0 Å². The van der Waals surface area contributed by atoms with Crippen LogP contribution in [0.5, 0.6) is 28.7 Å². The van der Waals surface area contributed by atoms with Gasteiger partial charge < -0.3 is 23.3 Å². The molecular weight excluding hydrogens is 591 g/mol. The van der Waals surface area contributed by atoms with E-state index in [-0.39, 0.29) is 0 Å². The van der Waals surface area contributed by atoms with Crippen LogP contribution < -0.4 is 28.6 Å². The lowest BCUT2D eigenvalue weighted by molar-refractivity contribution is 0.399. The quantitative estimate of drug-likeness (QED) is 0.101. The van der Waals surface area contributed by atoms with Crippen LogP contribution in [0.3, 0.4) is 0 Å². The van der Waals surface area contributed by atoms with Gasteiger partial charge in [0.25, 0.3) is 0 Å². The molecule has 46 heavy (non-hydrogen) atoms. The van der Waals surface area contributed by atoms with Crippen LogP contribution in [0.25, 0.3) is 11.1 Å². The Kier molecular flexibility index (Phi) is 13.7. The van der Waals surface area contributed by atoms with Gasteiger partial charge in [0.2, 0.25) is 0 Å². The summed E-state index contributed by atoms with van der Waals surface area (Å²) in [6.45, 7) is 8.77. The van der Waals surface area contributed by atoms with E-state index in [4.69, 9.17) is 23.3 Å². The third-order valence-corrected chi connectivity index (χ3v) is 9.61. The fourth-order valence-electron chi connectivity index (χ4n) is 5.62. The fraction of sp³-hybridized carbons (Fsp3) is 0.400. The molecule has 5 nitrogen and oxygen atoms in total. The van der Waals surface area contributed by atoms with Crippen molar-refractivity contribution in [3.63, 3.8) is 0 Å². The van der Waals surface area contributed by atoms with Crippen molar-refractivity contribution in [2.75, 3.05) is 21.3 Å². The highest BCUT2D eigenvalue weighted by Crippen LogP contribution is 2.50. The summed E-state index contributed by atoms with van der Waals surface area (Å²) in [5.74, 6) is 4.06. The van der Waals surface area contributed by atoms with Gasteiger partial charge in [-0.1, -0.05) is 75.9 Å². The number of ether oxygens (including phenoxy) is 3. The molecule has 4 aromatic carbocycles. The van der Waals surface area contributed by atoms with Crippen molar-refractivity contribution < 1.29 is 23.3 Å². The van der Waals surface area contributed by atoms with Gasteiger partial charge in [0.1, 0.15) is 28.7 Å². The van der Waals surface area contributed by atoms with Gasteiger partial charge >= 0.3 is 8.38 Å². The molecule has 0 aliphatic carbocycles. The first-order valence-electron chi connectivity index (χ1n) is 16.7. The van der Waals surface area contributed by atoms with Crippen LogP contribution in [-0.4, -0.2) is 21.3 Å². The van der Waals surface area contributed by atoms with Gasteiger partial charge in [-0.25, -0.2) is 0 Å². The fourth-order valence-corrected chi connectivity index (χ4v) is 7.02.